The van der Waals surface area contributed by atoms with E-state index in [2.05, 4.69) is 10.0 Å². The van der Waals surface area contributed by atoms with E-state index in [1.165, 1.54) is 6.07 Å². The van der Waals surface area contributed by atoms with Crippen molar-refractivity contribution in [2.75, 3.05) is 11.9 Å². The Morgan fingerprint density at radius 3 is 2.67 bits per heavy atom. The molecule has 0 aromatic heterocycles. The quantitative estimate of drug-likeness (QED) is 0.875. The Hall–Kier alpha value is -2.18. The minimum Gasteiger partial charge on any atom is -0.325 e. The summed E-state index contributed by atoms with van der Waals surface area (Å²) >= 11 is 0. The first-order valence-electron chi connectivity index (χ1n) is 7.87. The monoisotopic (exact) mass is 344 g/mol. The molecule has 0 fully saturated rings. The summed E-state index contributed by atoms with van der Waals surface area (Å²) in [5.74, 6) is -0.436. The highest BCUT2D eigenvalue weighted by atomic mass is 32.2. The summed E-state index contributed by atoms with van der Waals surface area (Å²) in [5.41, 5.74) is 3.68. The van der Waals surface area contributed by atoms with Gasteiger partial charge in [0.15, 0.2) is 0 Å². The van der Waals surface area contributed by atoms with Gasteiger partial charge in [0.2, 0.25) is 15.9 Å². The lowest BCUT2D eigenvalue weighted by Crippen LogP contribution is -2.26. The maximum atomic E-state index is 12.5. The van der Waals surface area contributed by atoms with Crippen LogP contribution >= 0.6 is 0 Å². The Morgan fingerprint density at radius 1 is 1.17 bits per heavy atom. The van der Waals surface area contributed by atoms with Crippen molar-refractivity contribution in [1.82, 2.24) is 4.72 Å². The van der Waals surface area contributed by atoms with Gasteiger partial charge in [0, 0.05) is 12.2 Å². The zero-order valence-corrected chi connectivity index (χ0v) is 14.5. The molecule has 0 saturated carbocycles. The summed E-state index contributed by atoms with van der Waals surface area (Å²) in [6.07, 6.45) is 0.632. The lowest BCUT2D eigenvalue weighted by Gasteiger charge is -2.10. The van der Waals surface area contributed by atoms with E-state index < -0.39 is 10.0 Å². The zero-order chi connectivity index (χ0) is 17.3. The average molecular weight is 344 g/mol. The molecule has 6 heteroatoms. The smallest absolute Gasteiger partial charge is 0.240 e. The third-order valence-corrected chi connectivity index (χ3v) is 5.86. The van der Waals surface area contributed by atoms with Gasteiger partial charge in [-0.05, 0) is 55.2 Å². The first kappa shape index (κ1) is 16.7. The summed E-state index contributed by atoms with van der Waals surface area (Å²) < 4.78 is 27.6. The van der Waals surface area contributed by atoms with Crippen LogP contribution in [0.2, 0.25) is 0 Å². The molecule has 1 atom stereocenters. The van der Waals surface area contributed by atoms with E-state index in [0.717, 1.165) is 16.7 Å². The highest BCUT2D eigenvalue weighted by Gasteiger charge is 2.28. The number of amides is 1. The second kappa shape index (κ2) is 6.37. The third kappa shape index (κ3) is 3.20. The molecule has 0 bridgehead atoms. The van der Waals surface area contributed by atoms with Crippen LogP contribution in [0.15, 0.2) is 47.4 Å². The normalized spacial score (nSPS) is 16.8. The summed E-state index contributed by atoms with van der Waals surface area (Å²) in [5, 5.41) is 2.74. The van der Waals surface area contributed by atoms with E-state index in [4.69, 9.17) is 0 Å². The van der Waals surface area contributed by atoms with Crippen molar-refractivity contribution in [1.29, 1.82) is 0 Å². The van der Waals surface area contributed by atoms with E-state index in [0.29, 0.717) is 18.7 Å². The number of sulfonamides is 1. The molecule has 126 valence electrons. The molecule has 5 nitrogen and oxygen atoms in total. The SMILES string of the molecule is Cc1ccccc1CCNS(=O)(=O)c1ccc2c(c1)[C@@H](C)C(=O)N2. The van der Waals surface area contributed by atoms with Gasteiger partial charge in [-0.25, -0.2) is 13.1 Å². The van der Waals surface area contributed by atoms with Gasteiger partial charge in [0.1, 0.15) is 0 Å². The number of carbonyl (C=O) groups is 1. The Labute approximate surface area is 142 Å². The molecule has 0 saturated heterocycles. The number of rotatable bonds is 5. The highest BCUT2D eigenvalue weighted by Crippen LogP contribution is 2.33. The second-order valence-electron chi connectivity index (χ2n) is 6.03. The fourth-order valence-electron chi connectivity index (χ4n) is 2.86. The fraction of sp³-hybridized carbons (Fsp3) is 0.278. The molecule has 2 aromatic rings. The van der Waals surface area contributed by atoms with Gasteiger partial charge in [-0.3, -0.25) is 4.79 Å². The molecular weight excluding hydrogens is 324 g/mol. The Bertz CT molecular complexity index is 891. The molecule has 0 radical (unpaired) electrons. The van der Waals surface area contributed by atoms with Crippen LogP contribution in [0.4, 0.5) is 5.69 Å². The molecule has 24 heavy (non-hydrogen) atoms. The van der Waals surface area contributed by atoms with Gasteiger partial charge >= 0.3 is 0 Å². The van der Waals surface area contributed by atoms with Gasteiger partial charge in [-0.15, -0.1) is 0 Å². The molecular formula is C18H20N2O3S. The molecule has 1 aliphatic rings. The van der Waals surface area contributed by atoms with Crippen molar-refractivity contribution in [3.05, 3.63) is 59.2 Å². The van der Waals surface area contributed by atoms with Crippen molar-refractivity contribution in [2.24, 2.45) is 0 Å². The van der Waals surface area contributed by atoms with E-state index in [1.54, 1.807) is 19.1 Å². The number of carbonyl (C=O) groups excluding carboxylic acids is 1. The summed E-state index contributed by atoms with van der Waals surface area (Å²) in [6.45, 7) is 4.11. The van der Waals surface area contributed by atoms with Crippen LogP contribution in [-0.4, -0.2) is 20.9 Å². The van der Waals surface area contributed by atoms with Crippen molar-refractivity contribution < 1.29 is 13.2 Å². The fourth-order valence-corrected chi connectivity index (χ4v) is 3.92. The van der Waals surface area contributed by atoms with Crippen LogP contribution in [0.5, 0.6) is 0 Å². The van der Waals surface area contributed by atoms with Crippen molar-refractivity contribution in [2.45, 2.75) is 31.1 Å². The first-order valence-corrected chi connectivity index (χ1v) is 9.36. The predicted molar refractivity (Wildman–Crippen MR) is 93.6 cm³/mol. The Morgan fingerprint density at radius 2 is 1.92 bits per heavy atom. The van der Waals surface area contributed by atoms with Crippen LogP contribution in [0.25, 0.3) is 0 Å². The van der Waals surface area contributed by atoms with E-state index >= 15 is 0 Å². The lowest BCUT2D eigenvalue weighted by atomic mass is 10.0. The first-order chi connectivity index (χ1) is 11.4. The van der Waals surface area contributed by atoms with Crippen LogP contribution < -0.4 is 10.0 Å². The van der Waals surface area contributed by atoms with Gasteiger partial charge in [0.25, 0.3) is 0 Å². The maximum Gasteiger partial charge on any atom is 0.240 e. The Kier molecular flexibility index (Phi) is 4.43. The maximum absolute atomic E-state index is 12.5. The van der Waals surface area contributed by atoms with Crippen molar-refractivity contribution in [3.8, 4) is 0 Å². The number of fused-ring (bicyclic) bond motifs is 1. The van der Waals surface area contributed by atoms with E-state index in [9.17, 15) is 13.2 Å². The zero-order valence-electron chi connectivity index (χ0n) is 13.7. The highest BCUT2D eigenvalue weighted by molar-refractivity contribution is 7.89. The number of hydrogen-bond donors (Lipinski definition) is 2. The van der Waals surface area contributed by atoms with Gasteiger partial charge < -0.3 is 5.32 Å². The standard InChI is InChI=1S/C18H20N2O3S/c1-12-5-3-4-6-14(12)9-10-19-24(22,23)15-7-8-17-16(11-15)13(2)18(21)20-17/h3-8,11,13,19H,9-10H2,1-2H3,(H,20,21)/t13-/m1/s1. The van der Waals surface area contributed by atoms with Crippen molar-refractivity contribution in [3.63, 3.8) is 0 Å². The molecule has 0 spiro atoms. The molecule has 1 amide bonds. The largest absolute Gasteiger partial charge is 0.325 e. The van der Waals surface area contributed by atoms with Crippen LogP contribution in [0.3, 0.4) is 0 Å². The van der Waals surface area contributed by atoms with Crippen LogP contribution in [0.1, 0.15) is 29.5 Å². The topological polar surface area (TPSA) is 75.3 Å². The second-order valence-corrected chi connectivity index (χ2v) is 7.80. The number of aryl methyl sites for hydroxylation is 1. The summed E-state index contributed by atoms with van der Waals surface area (Å²) in [6, 6.07) is 12.7. The van der Waals surface area contributed by atoms with Gasteiger partial charge in [-0.1, -0.05) is 24.3 Å². The number of benzene rings is 2. The van der Waals surface area contributed by atoms with Gasteiger partial charge in [0.05, 0.1) is 10.8 Å². The number of anilines is 1. The van der Waals surface area contributed by atoms with Crippen molar-refractivity contribution >= 4 is 21.6 Å². The lowest BCUT2D eigenvalue weighted by molar-refractivity contribution is -0.116. The van der Waals surface area contributed by atoms with E-state index in [1.807, 2.05) is 31.2 Å². The Balaban J connectivity index is 1.73. The number of hydrogen-bond acceptors (Lipinski definition) is 3. The van der Waals surface area contributed by atoms with E-state index in [-0.39, 0.29) is 16.7 Å². The summed E-state index contributed by atoms with van der Waals surface area (Å²) in [7, 11) is -3.59. The number of nitrogens with one attached hydrogen (secondary N) is 2. The summed E-state index contributed by atoms with van der Waals surface area (Å²) in [4.78, 5) is 11.9. The molecule has 0 aliphatic carbocycles. The minimum absolute atomic E-state index is 0.105. The van der Waals surface area contributed by atoms with Gasteiger partial charge in [-0.2, -0.15) is 0 Å². The molecule has 3 rings (SSSR count). The molecule has 0 unspecified atom stereocenters. The van der Waals surface area contributed by atoms with Crippen LogP contribution in [-0.2, 0) is 21.2 Å². The average Bonchev–Trinajstić information content (AvgIpc) is 2.83. The predicted octanol–water partition coefficient (Wildman–Crippen LogP) is 2.57. The molecule has 1 heterocycles. The molecule has 2 N–H and O–H groups in total. The third-order valence-electron chi connectivity index (χ3n) is 4.40. The minimum atomic E-state index is -3.59. The molecule has 2 aromatic carbocycles. The molecule has 1 aliphatic heterocycles. The van der Waals surface area contributed by atoms with Crippen LogP contribution in [0, 0.1) is 6.92 Å².